The van der Waals surface area contributed by atoms with Crippen molar-refractivity contribution >= 4 is 32.4 Å². The molecule has 4 rings (SSSR count). The van der Waals surface area contributed by atoms with Crippen molar-refractivity contribution < 1.29 is 17.9 Å². The number of rotatable bonds is 8. The summed E-state index contributed by atoms with van der Waals surface area (Å²) in [6.45, 7) is 2.20. The zero-order valence-corrected chi connectivity index (χ0v) is 21.2. The number of carbonyl (C=O) groups is 1. The van der Waals surface area contributed by atoms with Crippen LogP contribution in [-0.2, 0) is 16.6 Å². The van der Waals surface area contributed by atoms with Crippen LogP contribution in [0.4, 0.5) is 5.13 Å². The predicted octanol–water partition coefficient (Wildman–Crippen LogP) is 5.20. The van der Waals surface area contributed by atoms with Crippen LogP contribution in [0.2, 0.25) is 0 Å². The largest absolute Gasteiger partial charge is 0.497 e. The van der Waals surface area contributed by atoms with Crippen molar-refractivity contribution in [2.45, 2.75) is 18.4 Å². The first kappa shape index (κ1) is 24.6. The van der Waals surface area contributed by atoms with Crippen molar-refractivity contribution in [2.24, 2.45) is 0 Å². The highest BCUT2D eigenvalue weighted by Crippen LogP contribution is 2.31. The fourth-order valence-electron chi connectivity index (χ4n) is 3.52. The van der Waals surface area contributed by atoms with Gasteiger partial charge in [-0.05, 0) is 61.0 Å². The zero-order valence-electron chi connectivity index (χ0n) is 19.6. The molecule has 0 bridgehead atoms. The molecule has 0 fully saturated rings. The lowest BCUT2D eigenvalue weighted by Gasteiger charge is -2.17. The molecule has 1 heterocycles. The first-order valence-electron chi connectivity index (χ1n) is 10.8. The van der Waals surface area contributed by atoms with Gasteiger partial charge in [-0.25, -0.2) is 13.4 Å². The fraction of sp³-hybridized carbons (Fsp3) is 0.154. The molecule has 0 aliphatic carbocycles. The number of sulfonamides is 1. The maximum atomic E-state index is 12.9. The number of aromatic nitrogens is 1. The number of carbonyl (C=O) groups excluding carboxylic acids is 1. The van der Waals surface area contributed by atoms with E-state index >= 15 is 0 Å². The molecule has 1 aromatic heterocycles. The molecule has 180 valence electrons. The number of ether oxygens (including phenoxy) is 1. The summed E-state index contributed by atoms with van der Waals surface area (Å²) in [5.74, 6) is 0.397. The summed E-state index contributed by atoms with van der Waals surface area (Å²) in [5.41, 5.74) is 2.95. The Labute approximate surface area is 209 Å². The van der Waals surface area contributed by atoms with Crippen LogP contribution in [0, 0.1) is 6.92 Å². The maximum Gasteiger partial charge on any atom is 0.257 e. The van der Waals surface area contributed by atoms with Crippen LogP contribution in [0.5, 0.6) is 5.75 Å². The van der Waals surface area contributed by atoms with Gasteiger partial charge in [0.1, 0.15) is 5.75 Å². The molecule has 0 aliphatic rings. The first-order chi connectivity index (χ1) is 16.8. The molecule has 0 unspecified atom stereocenters. The van der Waals surface area contributed by atoms with Crippen LogP contribution in [0.25, 0.3) is 11.3 Å². The molecule has 0 saturated carbocycles. The van der Waals surface area contributed by atoms with Crippen LogP contribution in [-0.4, -0.2) is 37.8 Å². The van der Waals surface area contributed by atoms with Crippen molar-refractivity contribution in [3.8, 4) is 17.0 Å². The summed E-state index contributed by atoms with van der Waals surface area (Å²) in [6, 6.07) is 22.8. The number of nitrogens with one attached hydrogen (secondary N) is 1. The van der Waals surface area contributed by atoms with Gasteiger partial charge in [-0.15, -0.1) is 11.3 Å². The third kappa shape index (κ3) is 5.59. The van der Waals surface area contributed by atoms with E-state index in [-0.39, 0.29) is 17.3 Å². The lowest BCUT2D eigenvalue weighted by Crippen LogP contribution is -2.26. The topological polar surface area (TPSA) is 88.6 Å². The van der Waals surface area contributed by atoms with E-state index in [0.717, 1.165) is 27.4 Å². The van der Waals surface area contributed by atoms with Crippen molar-refractivity contribution in [3.05, 3.63) is 94.9 Å². The Morgan fingerprint density at radius 3 is 2.29 bits per heavy atom. The second-order valence-corrected chi connectivity index (χ2v) is 11.1. The van der Waals surface area contributed by atoms with Crippen LogP contribution < -0.4 is 10.1 Å². The highest BCUT2D eigenvalue weighted by molar-refractivity contribution is 7.89. The number of anilines is 1. The number of aryl methyl sites for hydroxylation is 1. The fourth-order valence-corrected chi connectivity index (χ4v) is 5.51. The summed E-state index contributed by atoms with van der Waals surface area (Å²) in [5, 5.41) is 3.28. The minimum absolute atomic E-state index is 0.124. The average Bonchev–Trinajstić information content (AvgIpc) is 3.24. The smallest absolute Gasteiger partial charge is 0.257 e. The molecule has 0 radical (unpaired) electrons. The number of benzene rings is 3. The molecule has 4 aromatic rings. The molecule has 3 aromatic carbocycles. The van der Waals surface area contributed by atoms with Crippen LogP contribution in [0.3, 0.4) is 0 Å². The Kier molecular flexibility index (Phi) is 7.30. The van der Waals surface area contributed by atoms with Gasteiger partial charge in [-0.3, -0.25) is 10.1 Å². The summed E-state index contributed by atoms with van der Waals surface area (Å²) in [6.07, 6.45) is 0. The van der Waals surface area contributed by atoms with Gasteiger partial charge in [0.05, 0.1) is 17.7 Å². The van der Waals surface area contributed by atoms with Crippen LogP contribution in [0.1, 0.15) is 20.8 Å². The van der Waals surface area contributed by atoms with E-state index in [0.29, 0.717) is 10.7 Å². The molecule has 9 heteroatoms. The van der Waals surface area contributed by atoms with Crippen molar-refractivity contribution in [2.75, 3.05) is 19.5 Å². The van der Waals surface area contributed by atoms with Gasteiger partial charge in [-0.1, -0.05) is 30.3 Å². The van der Waals surface area contributed by atoms with Gasteiger partial charge in [0.25, 0.3) is 5.91 Å². The number of methoxy groups -OCH3 is 1. The molecule has 0 aliphatic heterocycles. The minimum atomic E-state index is -3.69. The Balaban J connectivity index is 1.45. The lowest BCUT2D eigenvalue weighted by molar-refractivity contribution is 0.102. The second kappa shape index (κ2) is 10.4. The van der Waals surface area contributed by atoms with E-state index in [2.05, 4.69) is 10.3 Å². The SMILES string of the molecule is COc1ccc(-c2nc(NC(=O)c3ccc(S(=O)(=O)N(C)Cc4ccccc4)cc3)sc2C)cc1. The molecular weight excluding hydrogens is 482 g/mol. The average molecular weight is 508 g/mol. The van der Waals surface area contributed by atoms with Gasteiger partial charge in [0.2, 0.25) is 10.0 Å². The van der Waals surface area contributed by atoms with Gasteiger partial charge < -0.3 is 4.74 Å². The standard InChI is InChI=1S/C26H25N3O4S2/c1-18-24(20-9-13-22(33-3)14-10-20)27-26(34-18)28-25(30)21-11-15-23(16-12-21)35(31,32)29(2)17-19-7-5-4-6-8-19/h4-16H,17H2,1-3H3,(H,27,28,30). The van der Waals surface area contributed by atoms with Crippen molar-refractivity contribution in [1.29, 1.82) is 0 Å². The summed E-state index contributed by atoms with van der Waals surface area (Å²) in [7, 11) is -0.545. The van der Waals surface area contributed by atoms with Crippen LogP contribution >= 0.6 is 11.3 Å². The van der Waals surface area contributed by atoms with E-state index in [1.165, 1.54) is 47.0 Å². The highest BCUT2D eigenvalue weighted by atomic mass is 32.2. The van der Waals surface area contributed by atoms with E-state index in [4.69, 9.17) is 4.74 Å². The Hall–Kier alpha value is -3.53. The van der Waals surface area contributed by atoms with Gasteiger partial charge in [0, 0.05) is 29.6 Å². The number of hydrogen-bond acceptors (Lipinski definition) is 6. The lowest BCUT2D eigenvalue weighted by atomic mass is 10.1. The Bertz CT molecular complexity index is 1420. The quantitative estimate of drug-likeness (QED) is 0.354. The summed E-state index contributed by atoms with van der Waals surface area (Å²) < 4.78 is 32.4. The summed E-state index contributed by atoms with van der Waals surface area (Å²) in [4.78, 5) is 18.4. The zero-order chi connectivity index (χ0) is 25.0. The molecule has 1 amide bonds. The molecule has 7 nitrogen and oxygen atoms in total. The van der Waals surface area contributed by atoms with Gasteiger partial charge in [-0.2, -0.15) is 4.31 Å². The van der Waals surface area contributed by atoms with E-state index in [1.807, 2.05) is 61.5 Å². The Morgan fingerprint density at radius 1 is 1.00 bits per heavy atom. The first-order valence-corrected chi connectivity index (χ1v) is 13.1. The van der Waals surface area contributed by atoms with Gasteiger partial charge >= 0.3 is 0 Å². The molecule has 0 atom stereocenters. The van der Waals surface area contributed by atoms with Crippen LogP contribution in [0.15, 0.2) is 83.8 Å². The Morgan fingerprint density at radius 2 is 1.66 bits per heavy atom. The van der Waals surface area contributed by atoms with E-state index < -0.39 is 10.0 Å². The molecule has 0 saturated heterocycles. The number of hydrogen-bond donors (Lipinski definition) is 1. The number of nitrogens with zero attached hydrogens (tertiary/aromatic N) is 2. The monoisotopic (exact) mass is 507 g/mol. The van der Waals surface area contributed by atoms with E-state index in [9.17, 15) is 13.2 Å². The molecule has 35 heavy (non-hydrogen) atoms. The maximum absolute atomic E-state index is 12.9. The molecular formula is C26H25N3O4S2. The minimum Gasteiger partial charge on any atom is -0.497 e. The number of thiazole rings is 1. The summed E-state index contributed by atoms with van der Waals surface area (Å²) >= 11 is 1.38. The van der Waals surface area contributed by atoms with Gasteiger partial charge in [0.15, 0.2) is 5.13 Å². The van der Waals surface area contributed by atoms with Crippen molar-refractivity contribution in [3.63, 3.8) is 0 Å². The second-order valence-electron chi connectivity index (χ2n) is 7.88. The molecule has 1 N–H and O–H groups in total. The van der Waals surface area contributed by atoms with E-state index in [1.54, 1.807) is 7.11 Å². The molecule has 0 spiro atoms. The predicted molar refractivity (Wildman–Crippen MR) is 138 cm³/mol. The van der Waals surface area contributed by atoms with Crippen molar-refractivity contribution in [1.82, 2.24) is 9.29 Å². The normalized spacial score (nSPS) is 11.4. The highest BCUT2D eigenvalue weighted by Gasteiger charge is 2.21. The third-order valence-corrected chi connectivity index (χ3v) is 8.16. The third-order valence-electron chi connectivity index (χ3n) is 5.45. The number of amides is 1.